The van der Waals surface area contributed by atoms with Gasteiger partial charge in [0.1, 0.15) is 5.54 Å². The Balaban J connectivity index is 1.90. The molecular formula is C22H21BrCl2N4O3S. The second-order valence-electron chi connectivity index (χ2n) is 8.04. The summed E-state index contributed by atoms with van der Waals surface area (Å²) in [7, 11) is -3.74. The van der Waals surface area contributed by atoms with Crippen LogP contribution in [0.2, 0.25) is 10.0 Å². The molecule has 0 bridgehead atoms. The molecule has 1 aliphatic rings. The molecule has 2 N–H and O–H groups in total. The van der Waals surface area contributed by atoms with Crippen molar-refractivity contribution in [3.63, 3.8) is 0 Å². The van der Waals surface area contributed by atoms with Crippen LogP contribution in [0.1, 0.15) is 18.9 Å². The van der Waals surface area contributed by atoms with E-state index >= 15 is 0 Å². The van der Waals surface area contributed by atoms with E-state index in [-0.39, 0.29) is 35.6 Å². The highest BCUT2D eigenvalue weighted by Gasteiger charge is 2.51. The predicted molar refractivity (Wildman–Crippen MR) is 133 cm³/mol. The Morgan fingerprint density at radius 2 is 1.76 bits per heavy atom. The van der Waals surface area contributed by atoms with Gasteiger partial charge in [0.25, 0.3) is 5.91 Å². The molecule has 0 unspecified atom stereocenters. The van der Waals surface area contributed by atoms with Gasteiger partial charge in [-0.2, -0.15) is 0 Å². The number of sulfone groups is 1. The van der Waals surface area contributed by atoms with Crippen LogP contribution in [0.5, 0.6) is 0 Å². The Bertz CT molecular complexity index is 1310. The number of halogens is 3. The third-order valence-electron chi connectivity index (χ3n) is 5.57. The van der Waals surface area contributed by atoms with Crippen molar-refractivity contribution in [3.05, 3.63) is 68.7 Å². The molecule has 1 aliphatic heterocycles. The van der Waals surface area contributed by atoms with Crippen molar-refractivity contribution in [1.29, 1.82) is 0 Å². The van der Waals surface area contributed by atoms with E-state index in [2.05, 4.69) is 20.9 Å². The average molecular weight is 572 g/mol. The molecule has 33 heavy (non-hydrogen) atoms. The molecule has 3 aromatic rings. The molecule has 0 aliphatic carbocycles. The number of amides is 1. The summed E-state index contributed by atoms with van der Waals surface area (Å²) in [5, 5.41) is 0.677. The molecule has 0 spiro atoms. The number of rotatable bonds is 7. The maximum absolute atomic E-state index is 13.9. The van der Waals surface area contributed by atoms with E-state index in [1.54, 1.807) is 25.1 Å². The zero-order chi connectivity index (χ0) is 24.0. The summed E-state index contributed by atoms with van der Waals surface area (Å²) in [5.74, 6) is -0.272. The Labute approximate surface area is 210 Å². The molecule has 0 saturated carbocycles. The summed E-state index contributed by atoms with van der Waals surface area (Å²) in [6.45, 7) is 1.96. The maximum atomic E-state index is 13.9. The molecule has 7 nitrogen and oxygen atoms in total. The van der Waals surface area contributed by atoms with Gasteiger partial charge in [-0.15, -0.1) is 0 Å². The van der Waals surface area contributed by atoms with Crippen LogP contribution in [0.25, 0.3) is 0 Å². The van der Waals surface area contributed by atoms with Crippen LogP contribution < -0.4 is 10.6 Å². The van der Waals surface area contributed by atoms with Crippen molar-refractivity contribution in [2.45, 2.75) is 30.3 Å². The quantitative estimate of drug-likeness (QED) is 0.443. The lowest BCUT2D eigenvalue weighted by molar-refractivity contribution is -0.124. The highest BCUT2D eigenvalue weighted by molar-refractivity contribution is 9.10. The molecule has 0 saturated heterocycles. The fraction of sp³-hybridized carbons (Fsp3) is 0.273. The maximum Gasteiger partial charge on any atom is 0.260 e. The third kappa shape index (κ3) is 4.44. The highest BCUT2D eigenvalue weighted by atomic mass is 79.9. The second-order valence-corrected chi connectivity index (χ2v) is 11.9. The van der Waals surface area contributed by atoms with E-state index < -0.39 is 15.4 Å². The molecule has 1 amide bonds. The van der Waals surface area contributed by atoms with E-state index in [4.69, 9.17) is 28.9 Å². The van der Waals surface area contributed by atoms with Gasteiger partial charge in [-0.3, -0.25) is 9.36 Å². The van der Waals surface area contributed by atoms with Crippen molar-refractivity contribution < 1.29 is 13.2 Å². The number of fused-ring (bicyclic) bond motifs is 1. The van der Waals surface area contributed by atoms with Crippen LogP contribution in [0.4, 0.5) is 11.6 Å². The number of anilines is 2. The van der Waals surface area contributed by atoms with Gasteiger partial charge in [0, 0.05) is 20.9 Å². The van der Waals surface area contributed by atoms with E-state index in [0.29, 0.717) is 22.2 Å². The van der Waals surface area contributed by atoms with Crippen LogP contribution in [-0.4, -0.2) is 36.2 Å². The average Bonchev–Trinajstić information content (AvgIpc) is 3.27. The first-order chi connectivity index (χ1) is 15.6. The van der Waals surface area contributed by atoms with Crippen LogP contribution in [0.3, 0.4) is 0 Å². The van der Waals surface area contributed by atoms with Crippen LogP contribution in [0, 0.1) is 0 Å². The van der Waals surface area contributed by atoms with Crippen molar-refractivity contribution in [3.8, 4) is 0 Å². The lowest BCUT2D eigenvalue weighted by Gasteiger charge is -2.26. The first-order valence-electron chi connectivity index (χ1n) is 10.1. The topological polar surface area (TPSA) is 98.3 Å². The number of hydrogen-bond donors (Lipinski definition) is 1. The standard InChI is InChI=1S/C22H21BrCl2N4O3S/c1-22(12-14-3-5-15(23)6-4-14)20(30)28(18-10-16(24)9-17(25)11-18)21-27-13-19(29(21)22)33(31,32)8-2-7-26/h3-6,9-11,13H,2,7-8,12,26H2,1H3/t22-/m1/s1. The number of aromatic nitrogens is 2. The number of benzene rings is 2. The molecular weight excluding hydrogens is 551 g/mol. The first kappa shape index (κ1) is 24.2. The number of nitrogens with zero attached hydrogens (tertiary/aromatic N) is 3. The largest absolute Gasteiger partial charge is 0.330 e. The van der Waals surface area contributed by atoms with Gasteiger partial charge in [0.05, 0.1) is 17.6 Å². The molecule has 2 heterocycles. The van der Waals surface area contributed by atoms with Crippen molar-refractivity contribution in [2.24, 2.45) is 5.73 Å². The van der Waals surface area contributed by atoms with E-state index in [1.165, 1.54) is 15.7 Å². The van der Waals surface area contributed by atoms with Crippen molar-refractivity contribution in [2.75, 3.05) is 17.2 Å². The number of hydrogen-bond acceptors (Lipinski definition) is 5. The molecule has 11 heteroatoms. The summed E-state index contributed by atoms with van der Waals surface area (Å²) < 4.78 is 28.7. The van der Waals surface area contributed by atoms with Gasteiger partial charge in [-0.1, -0.05) is 51.3 Å². The fourth-order valence-electron chi connectivity index (χ4n) is 4.03. The molecule has 0 fully saturated rings. The molecule has 1 atom stereocenters. The number of imidazole rings is 1. The first-order valence-corrected chi connectivity index (χ1v) is 13.3. The minimum absolute atomic E-state index is 0.0189. The molecule has 1 aromatic heterocycles. The summed E-state index contributed by atoms with van der Waals surface area (Å²) in [5.41, 5.74) is 5.57. The predicted octanol–water partition coefficient (Wildman–Crippen LogP) is 4.71. The highest BCUT2D eigenvalue weighted by Crippen LogP contribution is 2.44. The summed E-state index contributed by atoms with van der Waals surface area (Å²) in [6.07, 6.45) is 1.85. The molecule has 174 valence electrons. The number of carbonyl (C=O) groups is 1. The van der Waals surface area contributed by atoms with E-state index in [9.17, 15) is 13.2 Å². The van der Waals surface area contributed by atoms with Gasteiger partial charge < -0.3 is 5.73 Å². The van der Waals surface area contributed by atoms with Crippen LogP contribution in [-0.2, 0) is 26.6 Å². The van der Waals surface area contributed by atoms with Crippen molar-refractivity contribution in [1.82, 2.24) is 9.55 Å². The summed E-state index contributed by atoms with van der Waals surface area (Å²) in [4.78, 5) is 19.6. The molecule has 4 rings (SSSR count). The monoisotopic (exact) mass is 570 g/mol. The van der Waals surface area contributed by atoms with E-state index in [0.717, 1.165) is 10.0 Å². The lowest BCUT2D eigenvalue weighted by Crippen LogP contribution is -2.42. The fourth-order valence-corrected chi connectivity index (χ4v) is 6.34. The summed E-state index contributed by atoms with van der Waals surface area (Å²) >= 11 is 15.8. The normalized spacial score (nSPS) is 18.1. The van der Waals surface area contributed by atoms with Gasteiger partial charge in [0.15, 0.2) is 14.9 Å². The van der Waals surface area contributed by atoms with Gasteiger partial charge in [-0.05, 0) is 55.8 Å². The number of nitrogens with two attached hydrogens (primary N) is 1. The Hall–Kier alpha value is -1.91. The van der Waals surface area contributed by atoms with Gasteiger partial charge in [-0.25, -0.2) is 18.3 Å². The van der Waals surface area contributed by atoms with Gasteiger partial charge in [0.2, 0.25) is 5.95 Å². The van der Waals surface area contributed by atoms with Crippen LogP contribution in [0.15, 0.2) is 58.2 Å². The van der Waals surface area contributed by atoms with Crippen LogP contribution >= 0.6 is 39.1 Å². The third-order valence-corrected chi connectivity index (χ3v) is 8.29. The molecule has 0 radical (unpaired) electrons. The SMILES string of the molecule is C[C@@]1(Cc2ccc(Br)cc2)C(=O)N(c2cc(Cl)cc(Cl)c2)c2ncc(S(=O)(=O)CCCN)n21. The van der Waals surface area contributed by atoms with Gasteiger partial charge >= 0.3 is 0 Å². The Kier molecular flexibility index (Phi) is 6.63. The summed E-state index contributed by atoms with van der Waals surface area (Å²) in [6, 6.07) is 12.3. The zero-order valence-electron chi connectivity index (χ0n) is 17.6. The minimum atomic E-state index is -3.74. The Morgan fingerprint density at radius 1 is 1.12 bits per heavy atom. The number of carbonyl (C=O) groups excluding carboxylic acids is 1. The second kappa shape index (κ2) is 9.03. The smallest absolute Gasteiger partial charge is 0.260 e. The Morgan fingerprint density at radius 3 is 2.36 bits per heavy atom. The van der Waals surface area contributed by atoms with Crippen molar-refractivity contribution >= 4 is 66.5 Å². The van der Waals surface area contributed by atoms with E-state index in [1.807, 2.05) is 24.3 Å². The zero-order valence-corrected chi connectivity index (χ0v) is 21.5. The molecule has 2 aromatic carbocycles. The lowest BCUT2D eigenvalue weighted by atomic mass is 9.92. The minimum Gasteiger partial charge on any atom is -0.330 e.